The van der Waals surface area contributed by atoms with Crippen molar-refractivity contribution in [3.05, 3.63) is 52.0 Å². The van der Waals surface area contributed by atoms with Crippen molar-refractivity contribution in [3.8, 4) is 0 Å². The molecule has 1 amide bonds. The quantitative estimate of drug-likeness (QED) is 0.833. The minimum atomic E-state index is -0.558. The third-order valence-corrected chi connectivity index (χ3v) is 3.41. The van der Waals surface area contributed by atoms with E-state index < -0.39 is 11.7 Å². The summed E-state index contributed by atoms with van der Waals surface area (Å²) in [6, 6.07) is 7.92. The first kappa shape index (κ1) is 12.6. The number of rotatable bonds is 4. The van der Waals surface area contributed by atoms with Crippen LogP contribution in [-0.2, 0) is 6.42 Å². The number of nitrogens with two attached hydrogens (primary N) is 1. The number of hydrogen-bond acceptors (Lipinski definition) is 3. The Labute approximate surface area is 108 Å². The van der Waals surface area contributed by atoms with Crippen molar-refractivity contribution in [3.63, 3.8) is 0 Å². The van der Waals surface area contributed by atoms with Gasteiger partial charge < -0.3 is 11.1 Å². The van der Waals surface area contributed by atoms with Crippen LogP contribution < -0.4 is 11.1 Å². The summed E-state index contributed by atoms with van der Waals surface area (Å²) in [5, 5.41) is 4.66. The zero-order valence-electron chi connectivity index (χ0n) is 9.65. The van der Waals surface area contributed by atoms with E-state index in [0.29, 0.717) is 12.2 Å². The molecular weight excluding hydrogens is 251 g/mol. The van der Waals surface area contributed by atoms with Gasteiger partial charge in [0.15, 0.2) is 0 Å². The monoisotopic (exact) mass is 264 g/mol. The molecule has 1 aromatic heterocycles. The van der Waals surface area contributed by atoms with Gasteiger partial charge in [-0.15, -0.1) is 11.3 Å². The molecule has 18 heavy (non-hydrogen) atoms. The van der Waals surface area contributed by atoms with Crippen molar-refractivity contribution in [2.75, 3.05) is 12.3 Å². The third-order valence-electron chi connectivity index (χ3n) is 2.47. The molecule has 0 saturated heterocycles. The van der Waals surface area contributed by atoms with Crippen molar-refractivity contribution in [2.45, 2.75) is 6.42 Å². The van der Waals surface area contributed by atoms with Crippen molar-refractivity contribution in [2.24, 2.45) is 0 Å². The average molecular weight is 264 g/mol. The SMILES string of the molecule is Nc1ccc(F)c(C(=O)NCCc2cccs2)c1. The van der Waals surface area contributed by atoms with Crippen molar-refractivity contribution in [1.82, 2.24) is 5.32 Å². The van der Waals surface area contributed by atoms with Crippen LogP contribution in [0.15, 0.2) is 35.7 Å². The van der Waals surface area contributed by atoms with E-state index in [1.807, 2.05) is 17.5 Å². The van der Waals surface area contributed by atoms with Crippen LogP contribution in [0.2, 0.25) is 0 Å². The molecule has 0 radical (unpaired) electrons. The maximum atomic E-state index is 13.4. The van der Waals surface area contributed by atoms with Gasteiger partial charge in [0.25, 0.3) is 5.91 Å². The lowest BCUT2D eigenvalue weighted by Crippen LogP contribution is -2.26. The lowest BCUT2D eigenvalue weighted by molar-refractivity contribution is 0.0950. The highest BCUT2D eigenvalue weighted by atomic mass is 32.1. The first-order valence-electron chi connectivity index (χ1n) is 5.52. The summed E-state index contributed by atoms with van der Waals surface area (Å²) >= 11 is 1.63. The number of halogens is 1. The molecule has 0 fully saturated rings. The Morgan fingerprint density at radius 3 is 2.94 bits per heavy atom. The Balaban J connectivity index is 1.93. The molecular formula is C13H13FN2OS. The van der Waals surface area contributed by atoms with Crippen LogP contribution in [0.4, 0.5) is 10.1 Å². The van der Waals surface area contributed by atoms with Crippen LogP contribution in [0.25, 0.3) is 0 Å². The number of thiophene rings is 1. The molecule has 2 rings (SSSR count). The lowest BCUT2D eigenvalue weighted by atomic mass is 10.1. The molecule has 5 heteroatoms. The number of amides is 1. The summed E-state index contributed by atoms with van der Waals surface area (Å²) in [6.45, 7) is 0.480. The molecule has 0 saturated carbocycles. The van der Waals surface area contributed by atoms with Crippen molar-refractivity contribution in [1.29, 1.82) is 0 Å². The molecule has 0 aliphatic rings. The zero-order valence-corrected chi connectivity index (χ0v) is 10.5. The minimum Gasteiger partial charge on any atom is -0.399 e. The average Bonchev–Trinajstić information content (AvgIpc) is 2.85. The molecule has 0 aliphatic carbocycles. The summed E-state index contributed by atoms with van der Waals surface area (Å²) in [5.74, 6) is -0.992. The Bertz CT molecular complexity index is 540. The molecule has 0 aliphatic heterocycles. The molecule has 3 nitrogen and oxygen atoms in total. The minimum absolute atomic E-state index is 0.0128. The van der Waals surface area contributed by atoms with E-state index in [2.05, 4.69) is 5.32 Å². The summed E-state index contributed by atoms with van der Waals surface area (Å²) in [6.07, 6.45) is 0.743. The van der Waals surface area contributed by atoms with E-state index in [9.17, 15) is 9.18 Å². The fourth-order valence-corrected chi connectivity index (χ4v) is 2.28. The standard InChI is InChI=1S/C13H13FN2OS/c14-12-4-3-9(15)8-11(12)13(17)16-6-5-10-2-1-7-18-10/h1-4,7-8H,5-6,15H2,(H,16,17). The van der Waals surface area contributed by atoms with E-state index in [1.165, 1.54) is 23.1 Å². The number of carbonyl (C=O) groups excluding carboxylic acids is 1. The van der Waals surface area contributed by atoms with Crippen LogP contribution in [0, 0.1) is 5.82 Å². The van der Waals surface area contributed by atoms with Gasteiger partial charge in [0, 0.05) is 17.1 Å². The van der Waals surface area contributed by atoms with Crippen LogP contribution >= 0.6 is 11.3 Å². The first-order chi connectivity index (χ1) is 8.66. The van der Waals surface area contributed by atoms with Gasteiger partial charge >= 0.3 is 0 Å². The predicted octanol–water partition coefficient (Wildman–Crippen LogP) is 2.44. The normalized spacial score (nSPS) is 10.3. The lowest BCUT2D eigenvalue weighted by Gasteiger charge is -2.06. The molecule has 0 bridgehead atoms. The van der Waals surface area contributed by atoms with Crippen molar-refractivity contribution >= 4 is 22.9 Å². The smallest absolute Gasteiger partial charge is 0.254 e. The molecule has 1 aromatic carbocycles. The van der Waals surface area contributed by atoms with E-state index in [-0.39, 0.29) is 5.56 Å². The topological polar surface area (TPSA) is 55.1 Å². The second kappa shape index (κ2) is 5.64. The van der Waals surface area contributed by atoms with Gasteiger partial charge in [-0.25, -0.2) is 4.39 Å². The molecule has 3 N–H and O–H groups in total. The Morgan fingerprint density at radius 1 is 1.39 bits per heavy atom. The summed E-state index contributed by atoms with van der Waals surface area (Å²) < 4.78 is 13.4. The van der Waals surface area contributed by atoms with Gasteiger partial charge in [-0.2, -0.15) is 0 Å². The third kappa shape index (κ3) is 3.07. The zero-order chi connectivity index (χ0) is 13.0. The van der Waals surface area contributed by atoms with Crippen LogP contribution in [0.1, 0.15) is 15.2 Å². The highest BCUT2D eigenvalue weighted by molar-refractivity contribution is 7.09. The van der Waals surface area contributed by atoms with Crippen molar-refractivity contribution < 1.29 is 9.18 Å². The number of nitrogens with one attached hydrogen (secondary N) is 1. The molecule has 94 valence electrons. The fourth-order valence-electron chi connectivity index (χ4n) is 1.57. The van der Waals surface area contributed by atoms with Gasteiger partial charge in [0.2, 0.25) is 0 Å². The van der Waals surface area contributed by atoms with Gasteiger partial charge in [0.1, 0.15) is 5.82 Å². The van der Waals surface area contributed by atoms with E-state index in [1.54, 1.807) is 11.3 Å². The van der Waals surface area contributed by atoms with Gasteiger partial charge in [-0.3, -0.25) is 4.79 Å². The van der Waals surface area contributed by atoms with Crippen LogP contribution in [0.3, 0.4) is 0 Å². The van der Waals surface area contributed by atoms with Gasteiger partial charge in [0.05, 0.1) is 5.56 Å². The second-order valence-corrected chi connectivity index (χ2v) is 4.86. The van der Waals surface area contributed by atoms with Crippen LogP contribution in [0.5, 0.6) is 0 Å². The Kier molecular flexibility index (Phi) is 3.94. The number of nitrogen functional groups attached to an aromatic ring is 1. The number of carbonyl (C=O) groups is 1. The number of anilines is 1. The Morgan fingerprint density at radius 2 is 2.22 bits per heavy atom. The number of hydrogen-bond donors (Lipinski definition) is 2. The molecule has 0 unspecified atom stereocenters. The van der Waals surface area contributed by atoms with E-state index >= 15 is 0 Å². The largest absolute Gasteiger partial charge is 0.399 e. The summed E-state index contributed by atoms with van der Waals surface area (Å²) in [7, 11) is 0. The fraction of sp³-hybridized carbons (Fsp3) is 0.154. The van der Waals surface area contributed by atoms with Gasteiger partial charge in [-0.1, -0.05) is 6.07 Å². The molecule has 0 spiro atoms. The highest BCUT2D eigenvalue weighted by Crippen LogP contribution is 2.12. The molecule has 0 atom stereocenters. The Hall–Kier alpha value is -1.88. The van der Waals surface area contributed by atoms with E-state index in [0.717, 1.165) is 6.42 Å². The number of benzene rings is 1. The summed E-state index contributed by atoms with van der Waals surface area (Å²) in [5.41, 5.74) is 5.89. The molecule has 1 heterocycles. The highest BCUT2D eigenvalue weighted by Gasteiger charge is 2.11. The second-order valence-electron chi connectivity index (χ2n) is 3.82. The van der Waals surface area contributed by atoms with Gasteiger partial charge in [-0.05, 0) is 36.1 Å². The maximum Gasteiger partial charge on any atom is 0.254 e. The predicted molar refractivity (Wildman–Crippen MR) is 71.2 cm³/mol. The van der Waals surface area contributed by atoms with E-state index in [4.69, 9.17) is 5.73 Å². The maximum absolute atomic E-state index is 13.4. The summed E-state index contributed by atoms with van der Waals surface area (Å²) in [4.78, 5) is 12.9. The van der Waals surface area contributed by atoms with Crippen LogP contribution in [-0.4, -0.2) is 12.5 Å². The molecule has 2 aromatic rings. The first-order valence-corrected chi connectivity index (χ1v) is 6.40.